The van der Waals surface area contributed by atoms with Gasteiger partial charge >= 0.3 is 0 Å². The monoisotopic (exact) mass is 603 g/mol. The zero-order valence-corrected chi connectivity index (χ0v) is 27.2. The van der Waals surface area contributed by atoms with Crippen LogP contribution in [0.25, 0.3) is 21.9 Å². The number of piperazine rings is 1. The number of benzene rings is 2. The van der Waals surface area contributed by atoms with Crippen LogP contribution in [0.4, 0.5) is 0 Å². The van der Waals surface area contributed by atoms with Gasteiger partial charge in [-0.15, -0.1) is 0 Å². The molecule has 7 heteroatoms. The highest BCUT2D eigenvalue weighted by Crippen LogP contribution is 2.45. The molecule has 234 valence electrons. The zero-order chi connectivity index (χ0) is 31.2. The first-order valence-corrected chi connectivity index (χ1v) is 16.7. The molecule has 0 N–H and O–H groups in total. The first-order valence-electron chi connectivity index (χ1n) is 16.7. The van der Waals surface area contributed by atoms with Gasteiger partial charge in [-0.3, -0.25) is 24.4 Å². The Kier molecular flexibility index (Phi) is 8.09. The Morgan fingerprint density at radius 3 is 2.44 bits per heavy atom. The molecule has 4 aromatic rings. The molecular formula is C38H45N5O2. The standard InChI is InChI=1S/C38H45N5O2/c1-5-37(44)43-14-12-31-28(7-6-8-30(31)26(43)3)22-41-15-17-42(18-16-41)24-35-25(2)19-29(20-33(35)27-9-10-27)36-23-40(4)38(45)34-21-39-13-11-32(34)36/h6-8,11,13,19-21,23,26-27H,5,9-10,12,14-18,22,24H2,1-4H3. The molecule has 1 aliphatic carbocycles. The van der Waals surface area contributed by atoms with Gasteiger partial charge in [0.05, 0.1) is 11.4 Å². The van der Waals surface area contributed by atoms with Gasteiger partial charge in [0.2, 0.25) is 5.91 Å². The van der Waals surface area contributed by atoms with Gasteiger partial charge in [0, 0.05) is 83.4 Å². The summed E-state index contributed by atoms with van der Waals surface area (Å²) in [5.41, 5.74) is 10.8. The fourth-order valence-electron chi connectivity index (χ4n) is 7.72. The third-order valence-corrected chi connectivity index (χ3v) is 10.5. The fourth-order valence-corrected chi connectivity index (χ4v) is 7.72. The number of hydrogen-bond acceptors (Lipinski definition) is 5. The van der Waals surface area contributed by atoms with Crippen molar-refractivity contribution in [2.45, 2.75) is 71.5 Å². The summed E-state index contributed by atoms with van der Waals surface area (Å²) in [7, 11) is 1.83. The largest absolute Gasteiger partial charge is 0.336 e. The van der Waals surface area contributed by atoms with Crippen LogP contribution in [0.3, 0.4) is 0 Å². The summed E-state index contributed by atoms with van der Waals surface area (Å²) in [6, 6.07) is 13.6. The molecule has 1 saturated carbocycles. The van der Waals surface area contributed by atoms with Crippen molar-refractivity contribution < 1.29 is 4.79 Å². The van der Waals surface area contributed by atoms with E-state index in [1.807, 2.05) is 26.2 Å². The number of amides is 1. The van der Waals surface area contributed by atoms with Crippen molar-refractivity contribution in [2.24, 2.45) is 7.05 Å². The van der Waals surface area contributed by atoms with Crippen molar-refractivity contribution in [3.8, 4) is 11.1 Å². The van der Waals surface area contributed by atoms with Gasteiger partial charge < -0.3 is 9.47 Å². The van der Waals surface area contributed by atoms with Crippen molar-refractivity contribution in [1.82, 2.24) is 24.3 Å². The van der Waals surface area contributed by atoms with E-state index in [2.05, 4.69) is 63.9 Å². The van der Waals surface area contributed by atoms with Crippen molar-refractivity contribution in [1.29, 1.82) is 0 Å². The van der Waals surface area contributed by atoms with Gasteiger partial charge in [0.25, 0.3) is 5.56 Å². The molecule has 1 atom stereocenters. The second-order valence-corrected chi connectivity index (χ2v) is 13.4. The molecule has 2 aromatic carbocycles. The van der Waals surface area contributed by atoms with Crippen molar-refractivity contribution in [3.63, 3.8) is 0 Å². The summed E-state index contributed by atoms with van der Waals surface area (Å²) >= 11 is 0. The molecule has 4 heterocycles. The molecule has 1 amide bonds. The Bertz CT molecular complexity index is 1820. The molecule has 0 bridgehead atoms. The van der Waals surface area contributed by atoms with Crippen molar-refractivity contribution in [2.75, 3.05) is 32.7 Å². The van der Waals surface area contributed by atoms with Crippen LogP contribution in [0.2, 0.25) is 0 Å². The van der Waals surface area contributed by atoms with Crippen LogP contribution in [-0.2, 0) is 31.4 Å². The molecule has 1 unspecified atom stereocenters. The zero-order valence-electron chi connectivity index (χ0n) is 27.2. The SMILES string of the molecule is CCC(=O)N1CCc2c(CN3CCN(Cc4c(C)cc(-c5cn(C)c(=O)c6cnccc56)cc4C4CC4)CC3)cccc2C1C. The minimum absolute atomic E-state index is 0.00596. The quantitative estimate of drug-likeness (QED) is 0.261. The van der Waals surface area contributed by atoms with E-state index in [0.29, 0.717) is 17.7 Å². The van der Waals surface area contributed by atoms with E-state index in [0.717, 1.165) is 63.2 Å². The summed E-state index contributed by atoms with van der Waals surface area (Å²) in [5, 5.41) is 1.64. The van der Waals surface area contributed by atoms with Gasteiger partial charge in [0.15, 0.2) is 0 Å². The molecule has 45 heavy (non-hydrogen) atoms. The number of aryl methyl sites for hydroxylation is 2. The summed E-state index contributed by atoms with van der Waals surface area (Å²) < 4.78 is 1.69. The highest BCUT2D eigenvalue weighted by Gasteiger charge is 2.30. The Hall–Kier alpha value is -3.81. The first kappa shape index (κ1) is 29.9. The van der Waals surface area contributed by atoms with E-state index in [4.69, 9.17) is 0 Å². The Balaban J connectivity index is 1.06. The molecule has 1 saturated heterocycles. The Morgan fingerprint density at radius 2 is 1.71 bits per heavy atom. The lowest BCUT2D eigenvalue weighted by Crippen LogP contribution is -2.46. The third-order valence-electron chi connectivity index (χ3n) is 10.5. The molecule has 0 spiro atoms. The van der Waals surface area contributed by atoms with Crippen LogP contribution < -0.4 is 5.56 Å². The molecule has 3 aliphatic rings. The van der Waals surface area contributed by atoms with Gasteiger partial charge in [-0.25, -0.2) is 0 Å². The number of aromatic nitrogens is 2. The molecular weight excluding hydrogens is 558 g/mol. The fraction of sp³-hybridized carbons (Fsp3) is 0.447. The molecule has 0 radical (unpaired) electrons. The predicted molar refractivity (Wildman–Crippen MR) is 180 cm³/mol. The average Bonchev–Trinajstić information content (AvgIpc) is 3.90. The van der Waals surface area contributed by atoms with Crippen molar-refractivity contribution >= 4 is 16.7 Å². The molecule has 2 aliphatic heterocycles. The summed E-state index contributed by atoms with van der Waals surface area (Å²) in [6.07, 6.45) is 9.49. The smallest absolute Gasteiger partial charge is 0.259 e. The minimum Gasteiger partial charge on any atom is -0.336 e. The number of fused-ring (bicyclic) bond motifs is 2. The average molecular weight is 604 g/mol. The van der Waals surface area contributed by atoms with E-state index >= 15 is 0 Å². The summed E-state index contributed by atoms with van der Waals surface area (Å²) in [5.74, 6) is 0.887. The summed E-state index contributed by atoms with van der Waals surface area (Å²) in [6.45, 7) is 13.5. The van der Waals surface area contributed by atoms with Crippen LogP contribution in [-0.4, -0.2) is 62.9 Å². The third kappa shape index (κ3) is 5.72. The van der Waals surface area contributed by atoms with E-state index in [1.165, 1.54) is 51.8 Å². The van der Waals surface area contributed by atoms with Crippen LogP contribution in [0, 0.1) is 6.92 Å². The maximum absolute atomic E-state index is 12.8. The maximum atomic E-state index is 12.8. The number of nitrogens with zero attached hydrogens (tertiary/aromatic N) is 5. The first-order chi connectivity index (χ1) is 21.8. The lowest BCUT2D eigenvalue weighted by atomic mass is 9.89. The molecule has 7 nitrogen and oxygen atoms in total. The second-order valence-electron chi connectivity index (χ2n) is 13.4. The number of hydrogen-bond donors (Lipinski definition) is 0. The topological polar surface area (TPSA) is 61.7 Å². The number of pyridine rings is 2. The number of carbonyl (C=O) groups excluding carboxylic acids is 1. The summed E-state index contributed by atoms with van der Waals surface area (Å²) in [4.78, 5) is 36.8. The van der Waals surface area contributed by atoms with E-state index in [9.17, 15) is 9.59 Å². The van der Waals surface area contributed by atoms with E-state index in [-0.39, 0.29) is 17.5 Å². The normalized spacial score (nSPS) is 19.2. The highest BCUT2D eigenvalue weighted by molar-refractivity contribution is 5.95. The molecule has 2 fully saturated rings. The van der Waals surface area contributed by atoms with E-state index in [1.54, 1.807) is 17.0 Å². The second kappa shape index (κ2) is 12.2. The van der Waals surface area contributed by atoms with Crippen LogP contribution in [0.15, 0.2) is 59.8 Å². The Labute approximate surface area is 266 Å². The minimum atomic E-state index is -0.00596. The number of carbonyl (C=O) groups is 1. The van der Waals surface area contributed by atoms with Gasteiger partial charge in [-0.05, 0) is 89.4 Å². The maximum Gasteiger partial charge on any atom is 0.259 e. The highest BCUT2D eigenvalue weighted by atomic mass is 16.2. The molecule has 7 rings (SSSR count). The number of rotatable bonds is 7. The van der Waals surface area contributed by atoms with Gasteiger partial charge in [-0.2, -0.15) is 0 Å². The van der Waals surface area contributed by atoms with Crippen molar-refractivity contribution in [3.05, 3.63) is 98.7 Å². The predicted octanol–water partition coefficient (Wildman–Crippen LogP) is 5.96. The van der Waals surface area contributed by atoms with Gasteiger partial charge in [-0.1, -0.05) is 37.3 Å². The molecule has 2 aromatic heterocycles. The lowest BCUT2D eigenvalue weighted by molar-refractivity contribution is -0.133. The van der Waals surface area contributed by atoms with Crippen LogP contribution in [0.1, 0.15) is 78.5 Å². The van der Waals surface area contributed by atoms with E-state index < -0.39 is 0 Å². The van der Waals surface area contributed by atoms with Gasteiger partial charge in [0.1, 0.15) is 0 Å². The van der Waals surface area contributed by atoms with Crippen LogP contribution >= 0.6 is 0 Å². The lowest BCUT2D eigenvalue weighted by Gasteiger charge is -2.38. The van der Waals surface area contributed by atoms with Crippen LogP contribution in [0.5, 0.6) is 0 Å². The Morgan fingerprint density at radius 1 is 0.956 bits per heavy atom.